The Morgan fingerprint density at radius 1 is 1.19 bits per heavy atom. The minimum atomic E-state index is -0.909. The first-order chi connectivity index (χ1) is 17.3. The van der Waals surface area contributed by atoms with Crippen LogP contribution in [0.2, 0.25) is 0 Å². The summed E-state index contributed by atoms with van der Waals surface area (Å²) in [5.74, 6) is -0.0586. The number of aromatic nitrogens is 1. The van der Waals surface area contributed by atoms with E-state index in [1.54, 1.807) is 59.5 Å². The van der Waals surface area contributed by atoms with Gasteiger partial charge < -0.3 is 15.0 Å². The second-order valence-electron chi connectivity index (χ2n) is 8.95. The summed E-state index contributed by atoms with van der Waals surface area (Å²) in [7, 11) is 0. The van der Waals surface area contributed by atoms with Crippen LogP contribution in [-0.4, -0.2) is 39.8 Å². The average molecular weight is 482 g/mol. The van der Waals surface area contributed by atoms with Crippen molar-refractivity contribution in [3.8, 4) is 17.7 Å². The number of nitrogens with one attached hydrogen (secondary N) is 1. The molecule has 1 saturated heterocycles. The molecular formula is C27H23N5O4. The molecule has 3 heterocycles. The van der Waals surface area contributed by atoms with E-state index in [0.29, 0.717) is 41.1 Å². The molecule has 0 aliphatic carbocycles. The number of carbonyl (C=O) groups is 3. The zero-order valence-corrected chi connectivity index (χ0v) is 19.8. The maximum atomic E-state index is 13.4. The van der Waals surface area contributed by atoms with Gasteiger partial charge in [-0.3, -0.25) is 19.3 Å². The summed E-state index contributed by atoms with van der Waals surface area (Å²) in [6.07, 6.45) is 2.29. The van der Waals surface area contributed by atoms with Crippen LogP contribution in [0, 0.1) is 18.3 Å². The fourth-order valence-electron chi connectivity index (χ4n) is 4.78. The molecule has 3 aromatic rings. The van der Waals surface area contributed by atoms with Gasteiger partial charge in [0.25, 0.3) is 5.91 Å². The normalized spacial score (nSPS) is 18.4. The molecule has 0 radical (unpaired) electrons. The van der Waals surface area contributed by atoms with Crippen molar-refractivity contribution in [3.63, 3.8) is 0 Å². The van der Waals surface area contributed by atoms with Crippen molar-refractivity contribution in [3.05, 3.63) is 77.5 Å². The maximum Gasteiger partial charge on any atom is 0.258 e. The van der Waals surface area contributed by atoms with E-state index in [1.165, 1.54) is 11.1 Å². The second-order valence-corrected chi connectivity index (χ2v) is 8.95. The number of rotatable bonds is 5. The quantitative estimate of drug-likeness (QED) is 0.589. The lowest BCUT2D eigenvalue weighted by molar-refractivity contribution is -0.120. The van der Waals surface area contributed by atoms with Crippen LogP contribution in [0.1, 0.15) is 41.3 Å². The van der Waals surface area contributed by atoms with Crippen molar-refractivity contribution in [1.82, 2.24) is 9.88 Å². The Bertz CT molecular complexity index is 1450. The highest BCUT2D eigenvalue weighted by Gasteiger charge is 2.53. The van der Waals surface area contributed by atoms with Crippen LogP contribution in [0.15, 0.2) is 60.8 Å². The Balaban J connectivity index is 1.34. The lowest BCUT2D eigenvalue weighted by atomic mass is 9.98. The molecule has 2 aromatic carbocycles. The number of hydrogen-bond donors (Lipinski definition) is 1. The molecule has 2 aliphatic heterocycles. The van der Waals surface area contributed by atoms with Gasteiger partial charge in [-0.1, -0.05) is 12.1 Å². The molecule has 5 rings (SSSR count). The molecular weight excluding hydrogens is 458 g/mol. The van der Waals surface area contributed by atoms with E-state index in [0.717, 1.165) is 5.56 Å². The number of hydrogen-bond acceptors (Lipinski definition) is 6. The molecule has 0 bridgehead atoms. The third kappa shape index (κ3) is 3.82. The van der Waals surface area contributed by atoms with Gasteiger partial charge in [0.15, 0.2) is 0 Å². The van der Waals surface area contributed by atoms with Crippen LogP contribution in [0.3, 0.4) is 0 Å². The van der Waals surface area contributed by atoms with E-state index in [4.69, 9.17) is 4.74 Å². The molecule has 9 nitrogen and oxygen atoms in total. The second kappa shape index (κ2) is 8.82. The van der Waals surface area contributed by atoms with E-state index in [1.807, 2.05) is 19.9 Å². The van der Waals surface area contributed by atoms with Gasteiger partial charge in [-0.15, -0.1) is 0 Å². The summed E-state index contributed by atoms with van der Waals surface area (Å²) < 4.78 is 5.74. The summed E-state index contributed by atoms with van der Waals surface area (Å²) in [5.41, 5.74) is 1.68. The van der Waals surface area contributed by atoms with Gasteiger partial charge in [0, 0.05) is 18.3 Å². The zero-order valence-electron chi connectivity index (χ0n) is 19.8. The van der Waals surface area contributed by atoms with Crippen LogP contribution in [0.25, 0.3) is 0 Å². The van der Waals surface area contributed by atoms with Crippen molar-refractivity contribution >= 4 is 29.1 Å². The first-order valence-electron chi connectivity index (χ1n) is 11.5. The molecule has 180 valence electrons. The van der Waals surface area contributed by atoms with E-state index >= 15 is 0 Å². The van der Waals surface area contributed by atoms with Crippen LogP contribution in [0.5, 0.6) is 11.6 Å². The van der Waals surface area contributed by atoms with Crippen LogP contribution >= 0.6 is 0 Å². The fourth-order valence-corrected chi connectivity index (χ4v) is 4.78. The highest BCUT2D eigenvalue weighted by molar-refractivity contribution is 6.11. The maximum absolute atomic E-state index is 13.4. The number of ether oxygens (including phenoxy) is 1. The number of para-hydroxylation sites is 1. The molecule has 1 fully saturated rings. The predicted molar refractivity (Wildman–Crippen MR) is 131 cm³/mol. The van der Waals surface area contributed by atoms with Crippen molar-refractivity contribution < 1.29 is 19.1 Å². The molecule has 0 unspecified atom stereocenters. The number of amides is 3. The fraction of sp³-hybridized carbons (Fsp3) is 0.222. The van der Waals surface area contributed by atoms with Crippen molar-refractivity contribution in [2.75, 3.05) is 16.8 Å². The number of benzene rings is 2. The molecule has 36 heavy (non-hydrogen) atoms. The van der Waals surface area contributed by atoms with Crippen molar-refractivity contribution in [1.29, 1.82) is 5.26 Å². The predicted octanol–water partition coefficient (Wildman–Crippen LogP) is 3.99. The SMILES string of the molecule is Cc1cc(Oc2ncccc2C#N)ccc1NC(=O)CN1C(=O)c2ccccc2N2C(=O)CC[C@]12C. The van der Waals surface area contributed by atoms with Crippen LogP contribution < -0.4 is 15.0 Å². The summed E-state index contributed by atoms with van der Waals surface area (Å²) in [6.45, 7) is 3.43. The number of nitrogens with zero attached hydrogens (tertiary/aromatic N) is 4. The van der Waals surface area contributed by atoms with Crippen molar-refractivity contribution in [2.45, 2.75) is 32.4 Å². The number of fused-ring (bicyclic) bond motifs is 3. The minimum absolute atomic E-state index is 0.0678. The van der Waals surface area contributed by atoms with Gasteiger partial charge in [-0.05, 0) is 68.3 Å². The number of nitriles is 1. The van der Waals surface area contributed by atoms with Gasteiger partial charge in [0.2, 0.25) is 17.7 Å². The Kier molecular flexibility index (Phi) is 5.65. The molecule has 1 atom stereocenters. The van der Waals surface area contributed by atoms with Gasteiger partial charge in [-0.2, -0.15) is 5.26 Å². The number of pyridine rings is 1. The third-order valence-corrected chi connectivity index (χ3v) is 6.63. The smallest absolute Gasteiger partial charge is 0.258 e. The highest BCUT2D eigenvalue weighted by atomic mass is 16.5. The van der Waals surface area contributed by atoms with Gasteiger partial charge in [0.05, 0.1) is 11.3 Å². The van der Waals surface area contributed by atoms with Crippen LogP contribution in [-0.2, 0) is 9.59 Å². The molecule has 0 spiro atoms. The monoisotopic (exact) mass is 481 g/mol. The topological polar surface area (TPSA) is 116 Å². The first-order valence-corrected chi connectivity index (χ1v) is 11.5. The summed E-state index contributed by atoms with van der Waals surface area (Å²) >= 11 is 0. The zero-order chi connectivity index (χ0) is 25.4. The van der Waals surface area contributed by atoms with E-state index in [9.17, 15) is 19.6 Å². The third-order valence-electron chi connectivity index (χ3n) is 6.63. The number of carbonyl (C=O) groups excluding carboxylic acids is 3. The Labute approximate surface area is 207 Å². The molecule has 3 amide bonds. The Hall–Kier alpha value is -4.71. The average Bonchev–Trinajstić information content (AvgIpc) is 3.19. The Morgan fingerprint density at radius 3 is 2.78 bits per heavy atom. The molecule has 2 aliphatic rings. The van der Waals surface area contributed by atoms with E-state index in [2.05, 4.69) is 10.3 Å². The molecule has 1 N–H and O–H groups in total. The summed E-state index contributed by atoms with van der Waals surface area (Å²) in [5, 5.41) is 12.1. The largest absolute Gasteiger partial charge is 0.438 e. The molecule has 9 heteroatoms. The minimum Gasteiger partial charge on any atom is -0.438 e. The summed E-state index contributed by atoms with van der Waals surface area (Å²) in [4.78, 5) is 46.4. The van der Waals surface area contributed by atoms with Crippen molar-refractivity contribution in [2.24, 2.45) is 0 Å². The standard InChI is InChI=1S/C27H23N5O4/c1-17-14-19(36-25-18(15-28)6-5-13-29-25)9-10-21(17)30-23(33)16-31-26(35)20-7-3-4-8-22(20)32-24(34)11-12-27(31,32)2/h3-10,13-14H,11-12,16H2,1-2H3,(H,30,33)/t27-/m1/s1. The number of aryl methyl sites for hydroxylation is 1. The number of anilines is 2. The van der Waals surface area contributed by atoms with Gasteiger partial charge >= 0.3 is 0 Å². The van der Waals surface area contributed by atoms with E-state index < -0.39 is 5.66 Å². The molecule has 0 saturated carbocycles. The van der Waals surface area contributed by atoms with Gasteiger partial charge in [0.1, 0.15) is 29.6 Å². The molecule has 1 aromatic heterocycles. The van der Waals surface area contributed by atoms with Gasteiger partial charge in [-0.25, -0.2) is 4.98 Å². The Morgan fingerprint density at radius 2 is 2.00 bits per heavy atom. The first kappa shape index (κ1) is 23.1. The van der Waals surface area contributed by atoms with Crippen LogP contribution in [0.4, 0.5) is 11.4 Å². The lowest BCUT2D eigenvalue weighted by Gasteiger charge is -2.48. The van der Waals surface area contributed by atoms with E-state index in [-0.39, 0.29) is 30.1 Å². The summed E-state index contributed by atoms with van der Waals surface area (Å²) in [6, 6.07) is 17.4. The lowest BCUT2D eigenvalue weighted by Crippen LogP contribution is -2.63. The highest BCUT2D eigenvalue weighted by Crippen LogP contribution is 2.43.